The number of rotatable bonds is 5. The summed E-state index contributed by atoms with van der Waals surface area (Å²) >= 11 is -2.89. The highest BCUT2D eigenvalue weighted by atomic mass is 32.2. The van der Waals surface area contributed by atoms with Crippen LogP contribution in [0.25, 0.3) is 10.8 Å². The van der Waals surface area contributed by atoms with Crippen LogP contribution in [0.15, 0.2) is 64.8 Å². The van der Waals surface area contributed by atoms with Gasteiger partial charge in [-0.05, 0) is 17.5 Å². The van der Waals surface area contributed by atoms with Gasteiger partial charge >= 0.3 is 0 Å². The van der Waals surface area contributed by atoms with Gasteiger partial charge in [0.1, 0.15) is 28.5 Å². The van der Waals surface area contributed by atoms with Crippen LogP contribution >= 0.6 is 0 Å². The lowest BCUT2D eigenvalue weighted by Gasteiger charge is -2.09. The molecule has 132 valence electrons. The van der Waals surface area contributed by atoms with Gasteiger partial charge in [-0.2, -0.15) is 0 Å². The van der Waals surface area contributed by atoms with Crippen LogP contribution in [0.5, 0.6) is 11.5 Å². The predicted molar refractivity (Wildman–Crippen MR) is 92.4 cm³/mol. The van der Waals surface area contributed by atoms with Gasteiger partial charge < -0.3 is 13.8 Å². The van der Waals surface area contributed by atoms with Crippen LogP contribution in [0.3, 0.4) is 0 Å². The maximum absolute atomic E-state index is 10.9. The standard InChI is InChI=1S/C16H11N3O6S/c20-14-7-5-10-3-1-2-4-12(10)16(14)18-17-13-9-11(19(21)22)6-8-15(13)25-26(23)24/h1-9,20H,(H,23,24)/p-1. The van der Waals surface area contributed by atoms with E-state index in [0.29, 0.717) is 5.39 Å². The van der Waals surface area contributed by atoms with Crippen LogP contribution in [0.1, 0.15) is 0 Å². The average Bonchev–Trinajstić information content (AvgIpc) is 2.61. The highest BCUT2D eigenvalue weighted by Gasteiger charge is 2.13. The Kier molecular flexibility index (Phi) is 4.87. The molecule has 0 aliphatic carbocycles. The third-order valence-electron chi connectivity index (χ3n) is 3.45. The Balaban J connectivity index is 2.10. The van der Waals surface area contributed by atoms with Gasteiger partial charge in [0.2, 0.25) is 0 Å². The minimum absolute atomic E-state index is 0.142. The van der Waals surface area contributed by atoms with Crippen LogP contribution in [-0.4, -0.2) is 18.8 Å². The van der Waals surface area contributed by atoms with E-state index in [1.54, 1.807) is 18.2 Å². The van der Waals surface area contributed by atoms with Crippen molar-refractivity contribution in [1.82, 2.24) is 0 Å². The van der Waals surface area contributed by atoms with Gasteiger partial charge in [0.05, 0.1) is 4.92 Å². The van der Waals surface area contributed by atoms with Gasteiger partial charge in [-0.1, -0.05) is 30.3 Å². The minimum atomic E-state index is -2.89. The van der Waals surface area contributed by atoms with Gasteiger partial charge in [0.15, 0.2) is 5.75 Å². The Morgan fingerprint density at radius 1 is 1.08 bits per heavy atom. The van der Waals surface area contributed by atoms with Crippen molar-refractivity contribution in [3.8, 4) is 11.5 Å². The molecular weight excluding hydrogens is 362 g/mol. The number of fused-ring (bicyclic) bond motifs is 1. The SMILES string of the molecule is O=[N+]([O-])c1ccc(OS(=O)[O-])c(N=Nc2c(O)ccc3ccccc23)c1. The third-order valence-corrected chi connectivity index (χ3v) is 3.76. The fourth-order valence-corrected chi connectivity index (χ4v) is 2.58. The molecule has 9 nitrogen and oxygen atoms in total. The Labute approximate surface area is 149 Å². The summed E-state index contributed by atoms with van der Waals surface area (Å²) < 4.78 is 26.1. The number of benzene rings is 3. The quantitative estimate of drug-likeness (QED) is 0.310. The molecular formula is C16H10N3O6S-. The summed E-state index contributed by atoms with van der Waals surface area (Å²) in [6, 6.07) is 13.5. The van der Waals surface area contributed by atoms with E-state index in [9.17, 15) is 24.0 Å². The van der Waals surface area contributed by atoms with Crippen molar-refractivity contribution >= 4 is 39.2 Å². The smallest absolute Gasteiger partial charge is 0.271 e. The zero-order chi connectivity index (χ0) is 18.7. The zero-order valence-corrected chi connectivity index (χ0v) is 13.8. The molecule has 0 spiro atoms. The molecule has 26 heavy (non-hydrogen) atoms. The van der Waals surface area contributed by atoms with Crippen LogP contribution in [0.4, 0.5) is 17.1 Å². The van der Waals surface area contributed by atoms with Crippen LogP contribution in [0.2, 0.25) is 0 Å². The van der Waals surface area contributed by atoms with E-state index in [4.69, 9.17) is 0 Å². The van der Waals surface area contributed by atoms with Crippen molar-refractivity contribution in [1.29, 1.82) is 0 Å². The number of nitro benzene ring substituents is 1. The molecule has 3 aromatic rings. The summed E-state index contributed by atoms with van der Waals surface area (Å²) in [7, 11) is 0. The normalized spacial score (nSPS) is 12.3. The fourth-order valence-electron chi connectivity index (χ4n) is 2.29. The van der Waals surface area contributed by atoms with Crippen molar-refractivity contribution in [2.75, 3.05) is 0 Å². The molecule has 0 fully saturated rings. The number of nitro groups is 1. The number of hydrogen-bond donors (Lipinski definition) is 1. The number of aromatic hydroxyl groups is 1. The number of hydrogen-bond acceptors (Lipinski definition) is 8. The molecule has 0 aliphatic heterocycles. The Bertz CT molecular complexity index is 1050. The van der Waals surface area contributed by atoms with E-state index in [-0.39, 0.29) is 28.6 Å². The fraction of sp³-hybridized carbons (Fsp3) is 0. The Morgan fingerprint density at radius 2 is 1.85 bits per heavy atom. The Hall–Kier alpha value is -3.37. The second kappa shape index (κ2) is 7.25. The van der Waals surface area contributed by atoms with Crippen molar-refractivity contribution in [2.45, 2.75) is 0 Å². The monoisotopic (exact) mass is 372 g/mol. The summed E-state index contributed by atoms with van der Waals surface area (Å²) in [5.74, 6) is -0.375. The summed E-state index contributed by atoms with van der Waals surface area (Å²) in [6.45, 7) is 0. The van der Waals surface area contributed by atoms with Crippen LogP contribution in [-0.2, 0) is 11.4 Å². The number of azo groups is 1. The highest BCUT2D eigenvalue weighted by Crippen LogP contribution is 2.38. The van der Waals surface area contributed by atoms with Gasteiger partial charge in [0, 0.05) is 17.5 Å². The molecule has 10 heteroatoms. The molecule has 0 bridgehead atoms. The van der Waals surface area contributed by atoms with Crippen molar-refractivity contribution < 1.29 is 23.0 Å². The number of non-ortho nitro benzene ring substituents is 1. The summed E-state index contributed by atoms with van der Waals surface area (Å²) in [5, 5.41) is 30.2. The second-order valence-corrected chi connectivity index (χ2v) is 5.63. The molecule has 1 unspecified atom stereocenters. The molecule has 0 heterocycles. The van der Waals surface area contributed by atoms with Crippen molar-refractivity contribution in [3.05, 3.63) is 64.7 Å². The first-order valence-corrected chi connectivity index (χ1v) is 8.14. The van der Waals surface area contributed by atoms with Crippen LogP contribution in [0, 0.1) is 10.1 Å². The first-order chi connectivity index (χ1) is 12.5. The molecule has 0 radical (unpaired) electrons. The molecule has 1 N–H and O–H groups in total. The zero-order valence-electron chi connectivity index (χ0n) is 12.9. The third kappa shape index (κ3) is 3.66. The molecule has 0 aromatic heterocycles. The van der Waals surface area contributed by atoms with Crippen LogP contribution < -0.4 is 4.18 Å². The van der Waals surface area contributed by atoms with E-state index >= 15 is 0 Å². The lowest BCUT2D eigenvalue weighted by molar-refractivity contribution is -0.384. The molecule has 1 atom stereocenters. The van der Waals surface area contributed by atoms with E-state index in [0.717, 1.165) is 23.6 Å². The molecule has 0 saturated heterocycles. The molecule has 0 saturated carbocycles. The summed E-state index contributed by atoms with van der Waals surface area (Å²) in [6.07, 6.45) is 0. The molecule has 3 rings (SSSR count). The summed E-state index contributed by atoms with van der Waals surface area (Å²) in [5.41, 5.74) is -0.343. The average molecular weight is 372 g/mol. The molecule has 0 amide bonds. The first-order valence-electron chi connectivity index (χ1n) is 7.14. The van der Waals surface area contributed by atoms with Gasteiger partial charge in [-0.25, -0.2) is 4.21 Å². The maximum Gasteiger partial charge on any atom is 0.271 e. The van der Waals surface area contributed by atoms with Crippen molar-refractivity contribution in [3.63, 3.8) is 0 Å². The van der Waals surface area contributed by atoms with E-state index in [2.05, 4.69) is 14.4 Å². The van der Waals surface area contributed by atoms with E-state index in [1.807, 2.05) is 12.1 Å². The number of phenolic OH excluding ortho intramolecular Hbond substituents is 1. The number of nitrogens with zero attached hydrogens (tertiary/aromatic N) is 3. The van der Waals surface area contributed by atoms with Gasteiger partial charge in [-0.3, -0.25) is 10.1 Å². The summed E-state index contributed by atoms with van der Waals surface area (Å²) in [4.78, 5) is 10.3. The second-order valence-electron chi connectivity index (χ2n) is 5.05. The molecule has 0 aliphatic rings. The van der Waals surface area contributed by atoms with E-state index < -0.39 is 16.3 Å². The minimum Gasteiger partial charge on any atom is -0.740 e. The largest absolute Gasteiger partial charge is 0.740 e. The lowest BCUT2D eigenvalue weighted by Crippen LogP contribution is -1.98. The lowest BCUT2D eigenvalue weighted by atomic mass is 10.1. The predicted octanol–water partition coefficient (Wildman–Crippen LogP) is 4.04. The van der Waals surface area contributed by atoms with Crippen molar-refractivity contribution in [2.24, 2.45) is 10.2 Å². The highest BCUT2D eigenvalue weighted by molar-refractivity contribution is 7.74. The Morgan fingerprint density at radius 3 is 2.58 bits per heavy atom. The maximum atomic E-state index is 10.9. The van der Waals surface area contributed by atoms with Gasteiger partial charge in [0.25, 0.3) is 5.69 Å². The van der Waals surface area contributed by atoms with Gasteiger partial charge in [-0.15, -0.1) is 10.2 Å². The molecule has 3 aromatic carbocycles. The topological polar surface area (TPSA) is 137 Å². The number of phenols is 1. The first kappa shape index (κ1) is 17.5. The van der Waals surface area contributed by atoms with E-state index in [1.165, 1.54) is 6.07 Å².